The van der Waals surface area contributed by atoms with E-state index in [9.17, 15) is 9.59 Å². The van der Waals surface area contributed by atoms with Gasteiger partial charge in [-0.1, -0.05) is 23.4 Å². The highest BCUT2D eigenvalue weighted by Crippen LogP contribution is 2.30. The molecule has 0 saturated carbocycles. The number of nitrogens with zero attached hydrogens (tertiary/aromatic N) is 5. The summed E-state index contributed by atoms with van der Waals surface area (Å²) in [6.45, 7) is 1.83. The van der Waals surface area contributed by atoms with Crippen molar-refractivity contribution in [3.63, 3.8) is 0 Å². The molecule has 4 rings (SSSR count). The van der Waals surface area contributed by atoms with Crippen molar-refractivity contribution in [3.8, 4) is 11.4 Å². The van der Waals surface area contributed by atoms with Crippen LogP contribution in [-0.2, 0) is 16.6 Å². The van der Waals surface area contributed by atoms with Crippen LogP contribution in [0, 0.1) is 5.41 Å². The zero-order valence-corrected chi connectivity index (χ0v) is 16.9. The van der Waals surface area contributed by atoms with Gasteiger partial charge >= 0.3 is 0 Å². The van der Waals surface area contributed by atoms with Gasteiger partial charge < -0.3 is 10.6 Å². The number of aryl methyl sites for hydroxylation is 1. The second kappa shape index (κ2) is 7.51. The molecule has 156 valence electrons. The number of amides is 2. The van der Waals surface area contributed by atoms with E-state index in [0.29, 0.717) is 34.7 Å². The van der Waals surface area contributed by atoms with Gasteiger partial charge in [0.05, 0.1) is 22.8 Å². The first-order valence-electron chi connectivity index (χ1n) is 9.44. The molecule has 3 heterocycles. The van der Waals surface area contributed by atoms with E-state index in [1.807, 2.05) is 19.1 Å². The molecule has 30 heavy (non-hydrogen) atoms. The van der Waals surface area contributed by atoms with E-state index < -0.39 is 5.41 Å². The summed E-state index contributed by atoms with van der Waals surface area (Å²) in [7, 11) is 3.39. The van der Waals surface area contributed by atoms with Crippen LogP contribution in [0.5, 0.6) is 0 Å². The fourth-order valence-electron chi connectivity index (χ4n) is 3.23. The molecule has 1 aliphatic rings. The van der Waals surface area contributed by atoms with Crippen molar-refractivity contribution in [2.24, 2.45) is 12.5 Å². The van der Waals surface area contributed by atoms with Crippen molar-refractivity contribution in [2.45, 2.75) is 13.3 Å². The number of allylic oxidation sites excluding steroid dienone is 1. The molecule has 9 nitrogen and oxygen atoms in total. The highest BCUT2D eigenvalue weighted by Gasteiger charge is 2.31. The Bertz CT molecular complexity index is 1220. The van der Waals surface area contributed by atoms with Gasteiger partial charge in [-0.3, -0.25) is 14.3 Å². The molecule has 2 N–H and O–H groups in total. The lowest BCUT2D eigenvalue weighted by atomic mass is 9.81. The third-order valence-electron chi connectivity index (χ3n) is 5.06. The zero-order valence-electron chi connectivity index (χ0n) is 16.9. The highest BCUT2D eigenvalue weighted by molar-refractivity contribution is 6.06. The Morgan fingerprint density at radius 3 is 2.77 bits per heavy atom. The fourth-order valence-corrected chi connectivity index (χ4v) is 3.23. The topological polar surface area (TPSA) is 115 Å². The number of nitrogens with one attached hydrogen (secondary N) is 2. The Morgan fingerprint density at radius 1 is 1.27 bits per heavy atom. The molecule has 0 radical (unpaired) electrons. The quantitative estimate of drug-likeness (QED) is 0.687. The Kier molecular flexibility index (Phi) is 4.86. The first-order valence-corrected chi connectivity index (χ1v) is 9.44. The van der Waals surface area contributed by atoms with Crippen LogP contribution in [0.2, 0.25) is 0 Å². The van der Waals surface area contributed by atoms with Gasteiger partial charge in [0.25, 0.3) is 5.91 Å². The largest absolute Gasteiger partial charge is 0.358 e. The molecular formula is C21H25N7O2. The number of fused-ring (bicyclic) bond motifs is 1. The van der Waals surface area contributed by atoms with Gasteiger partial charge in [0, 0.05) is 40.2 Å². The first kappa shape index (κ1) is 19.4. The van der Waals surface area contributed by atoms with Crippen molar-refractivity contribution < 1.29 is 12.4 Å². The highest BCUT2D eigenvalue weighted by atomic mass is 16.2. The van der Waals surface area contributed by atoms with Gasteiger partial charge in [-0.25, -0.2) is 9.97 Å². The predicted octanol–water partition coefficient (Wildman–Crippen LogP) is 2.49. The van der Waals surface area contributed by atoms with Gasteiger partial charge in [-0.15, -0.1) is 5.10 Å². The minimum atomic E-state index is -0.652. The van der Waals surface area contributed by atoms with E-state index in [0.717, 1.165) is 5.39 Å². The fraction of sp³-hybridized carbons (Fsp3) is 0.238. The summed E-state index contributed by atoms with van der Waals surface area (Å²) in [5, 5.41) is 14.3. The Morgan fingerprint density at radius 2 is 2.10 bits per heavy atom. The molecule has 0 aliphatic heterocycles. The molecule has 1 unspecified atom stereocenters. The molecule has 9 heteroatoms. The summed E-state index contributed by atoms with van der Waals surface area (Å²) in [6, 6.07) is 5.47. The van der Waals surface area contributed by atoms with E-state index in [2.05, 4.69) is 30.9 Å². The molecule has 3 aromatic rings. The monoisotopic (exact) mass is 407 g/mol. The number of pyridine rings is 2. The third kappa shape index (κ3) is 3.69. The summed E-state index contributed by atoms with van der Waals surface area (Å²) >= 11 is 0. The standard InChI is InChI=1S/C21H21N7O2.2H2/c1-21(20(30)22-2)8-6-13(7-9-21)19(29)25-18-10-16-14(11-23-18)4-5-15(24-16)17-12-28(3)27-26-17;;/h4-8,10-12H,9H2,1-3H3,(H,22,30)(H,23,25,29);2*1H. The first-order chi connectivity index (χ1) is 14.4. The molecule has 0 fully saturated rings. The Hall–Kier alpha value is -3.88. The molecule has 3 aromatic heterocycles. The average molecular weight is 407 g/mol. The molecule has 1 atom stereocenters. The minimum Gasteiger partial charge on any atom is -0.358 e. The van der Waals surface area contributed by atoms with Gasteiger partial charge in [0.1, 0.15) is 11.5 Å². The molecule has 0 spiro atoms. The van der Waals surface area contributed by atoms with E-state index in [1.165, 1.54) is 0 Å². The van der Waals surface area contributed by atoms with E-state index in [1.54, 1.807) is 55.5 Å². The van der Waals surface area contributed by atoms with Gasteiger partial charge in [-0.05, 0) is 25.5 Å². The molecule has 0 saturated heterocycles. The zero-order chi connectivity index (χ0) is 21.3. The van der Waals surface area contributed by atoms with Crippen LogP contribution in [-0.4, -0.2) is 43.8 Å². The summed E-state index contributed by atoms with van der Waals surface area (Å²) in [6.07, 6.45) is 9.07. The summed E-state index contributed by atoms with van der Waals surface area (Å²) in [5.74, 6) is 0.0167. The lowest BCUT2D eigenvalue weighted by molar-refractivity contribution is -0.127. The molecule has 0 bridgehead atoms. The van der Waals surface area contributed by atoms with Gasteiger partial charge in [0.15, 0.2) is 0 Å². The Labute approximate surface area is 175 Å². The van der Waals surface area contributed by atoms with E-state index >= 15 is 0 Å². The maximum absolute atomic E-state index is 12.6. The Balaban J connectivity index is 0.00000181. The summed E-state index contributed by atoms with van der Waals surface area (Å²) in [4.78, 5) is 33.5. The SMILES string of the molecule is CNC(=O)C1(C)C=CC(C(=O)Nc2cc3nc(-c4cn(C)nn4)ccc3cn2)=CC1.[HH].[HH]. The number of rotatable bonds is 4. The molecule has 0 aromatic carbocycles. The van der Waals surface area contributed by atoms with Crippen molar-refractivity contribution in [2.75, 3.05) is 12.4 Å². The molecule has 1 aliphatic carbocycles. The molecule has 2 amide bonds. The van der Waals surface area contributed by atoms with E-state index in [-0.39, 0.29) is 14.7 Å². The maximum atomic E-state index is 12.6. The average Bonchev–Trinajstić information content (AvgIpc) is 3.19. The lowest BCUT2D eigenvalue weighted by Gasteiger charge is -2.25. The van der Waals surface area contributed by atoms with Crippen molar-refractivity contribution in [3.05, 3.63) is 54.4 Å². The van der Waals surface area contributed by atoms with Crippen LogP contribution in [0.25, 0.3) is 22.3 Å². The number of aromatic nitrogens is 5. The van der Waals surface area contributed by atoms with Crippen molar-refractivity contribution in [1.29, 1.82) is 0 Å². The summed E-state index contributed by atoms with van der Waals surface area (Å²) < 4.78 is 1.61. The number of carbonyl (C=O) groups excluding carboxylic acids is 2. The van der Waals surface area contributed by atoms with Crippen molar-refractivity contribution >= 4 is 28.5 Å². The van der Waals surface area contributed by atoms with Crippen LogP contribution in [0.1, 0.15) is 16.2 Å². The number of carbonyl (C=O) groups is 2. The number of hydrogen-bond acceptors (Lipinski definition) is 6. The summed E-state index contributed by atoms with van der Waals surface area (Å²) in [5.41, 5.74) is 1.87. The number of anilines is 1. The van der Waals surface area contributed by atoms with Crippen LogP contribution in [0.15, 0.2) is 54.4 Å². The van der Waals surface area contributed by atoms with Gasteiger partial charge in [-0.2, -0.15) is 0 Å². The third-order valence-corrected chi connectivity index (χ3v) is 5.06. The number of hydrogen-bond donors (Lipinski definition) is 2. The lowest BCUT2D eigenvalue weighted by Crippen LogP contribution is -2.36. The predicted molar refractivity (Wildman–Crippen MR) is 116 cm³/mol. The normalized spacial score (nSPS) is 18.2. The van der Waals surface area contributed by atoms with Crippen LogP contribution in [0.4, 0.5) is 5.82 Å². The van der Waals surface area contributed by atoms with Gasteiger partial charge in [0.2, 0.25) is 5.91 Å². The smallest absolute Gasteiger partial charge is 0.256 e. The van der Waals surface area contributed by atoms with Crippen LogP contribution >= 0.6 is 0 Å². The van der Waals surface area contributed by atoms with Crippen LogP contribution < -0.4 is 10.6 Å². The minimum absolute atomic E-state index is 0. The molecular weight excluding hydrogens is 382 g/mol. The maximum Gasteiger partial charge on any atom is 0.256 e. The second-order valence-electron chi connectivity index (χ2n) is 7.38. The van der Waals surface area contributed by atoms with E-state index in [4.69, 9.17) is 0 Å². The second-order valence-corrected chi connectivity index (χ2v) is 7.38. The van der Waals surface area contributed by atoms with Crippen LogP contribution in [0.3, 0.4) is 0 Å². The van der Waals surface area contributed by atoms with Crippen molar-refractivity contribution in [1.82, 2.24) is 30.3 Å².